The number of nitrogens with zero attached hydrogens (tertiary/aromatic N) is 3. The van der Waals surface area contributed by atoms with E-state index in [4.69, 9.17) is 9.26 Å². The second-order valence-corrected chi connectivity index (χ2v) is 8.91. The number of anilines is 2. The number of carbonyl (C=O) groups is 1. The van der Waals surface area contributed by atoms with Crippen molar-refractivity contribution in [2.75, 3.05) is 16.8 Å². The Kier molecular flexibility index (Phi) is 5.86. The summed E-state index contributed by atoms with van der Waals surface area (Å²) in [6.07, 6.45) is 1.46. The minimum absolute atomic E-state index is 0.298. The standard InChI is InChI=1S/C24H27FN4O3/c1-15-7-8-17(12-19(15)25)22-27-21(32-28-22)14-26-18-10-9-16-6-5-11-29(20(16)13-18)23(30)31-24(2,3)4/h7-10,12-13,26H,5-6,11,14H2,1-4H3. The molecular formula is C24H27FN4O3. The van der Waals surface area contributed by atoms with Gasteiger partial charge in [-0.05, 0) is 69.9 Å². The van der Waals surface area contributed by atoms with Gasteiger partial charge in [0.1, 0.15) is 11.4 Å². The van der Waals surface area contributed by atoms with Gasteiger partial charge in [-0.1, -0.05) is 23.4 Å². The van der Waals surface area contributed by atoms with Crippen LogP contribution >= 0.6 is 0 Å². The Labute approximate surface area is 186 Å². The second kappa shape index (κ2) is 8.61. The van der Waals surface area contributed by atoms with Crippen LogP contribution in [0.2, 0.25) is 0 Å². The number of rotatable bonds is 4. The lowest BCUT2D eigenvalue weighted by Gasteiger charge is -2.32. The zero-order valence-electron chi connectivity index (χ0n) is 18.7. The Morgan fingerprint density at radius 1 is 1.25 bits per heavy atom. The lowest BCUT2D eigenvalue weighted by atomic mass is 10.0. The van der Waals surface area contributed by atoms with Crippen LogP contribution in [-0.4, -0.2) is 28.4 Å². The number of hydrogen-bond donors (Lipinski definition) is 1. The summed E-state index contributed by atoms with van der Waals surface area (Å²) in [5.41, 5.74) is 3.34. The number of hydrogen-bond acceptors (Lipinski definition) is 6. The van der Waals surface area contributed by atoms with Crippen LogP contribution in [-0.2, 0) is 17.7 Å². The summed E-state index contributed by atoms with van der Waals surface area (Å²) in [6, 6.07) is 10.8. The smallest absolute Gasteiger partial charge is 0.414 e. The molecule has 1 aliphatic rings. The van der Waals surface area contributed by atoms with E-state index in [0.717, 1.165) is 29.8 Å². The monoisotopic (exact) mass is 438 g/mol. The van der Waals surface area contributed by atoms with Gasteiger partial charge < -0.3 is 14.6 Å². The van der Waals surface area contributed by atoms with Crippen molar-refractivity contribution in [1.82, 2.24) is 10.1 Å². The van der Waals surface area contributed by atoms with Crippen molar-refractivity contribution in [3.8, 4) is 11.4 Å². The van der Waals surface area contributed by atoms with Crippen LogP contribution in [0.3, 0.4) is 0 Å². The van der Waals surface area contributed by atoms with E-state index >= 15 is 0 Å². The molecule has 0 radical (unpaired) electrons. The van der Waals surface area contributed by atoms with Gasteiger partial charge in [0.25, 0.3) is 0 Å². The van der Waals surface area contributed by atoms with Crippen molar-refractivity contribution < 1.29 is 18.4 Å². The van der Waals surface area contributed by atoms with Crippen molar-refractivity contribution in [3.05, 3.63) is 59.2 Å². The molecule has 168 valence electrons. The van der Waals surface area contributed by atoms with E-state index in [1.807, 2.05) is 39.0 Å². The molecule has 4 rings (SSSR count). The number of benzene rings is 2. The fraction of sp³-hybridized carbons (Fsp3) is 0.375. The number of aryl methyl sites for hydroxylation is 2. The first-order valence-electron chi connectivity index (χ1n) is 10.7. The highest BCUT2D eigenvalue weighted by Crippen LogP contribution is 2.31. The maximum absolute atomic E-state index is 13.8. The van der Waals surface area contributed by atoms with Crippen molar-refractivity contribution >= 4 is 17.5 Å². The second-order valence-electron chi connectivity index (χ2n) is 8.91. The summed E-state index contributed by atoms with van der Waals surface area (Å²) in [4.78, 5) is 18.7. The van der Waals surface area contributed by atoms with Crippen molar-refractivity contribution in [2.24, 2.45) is 0 Å². The molecule has 1 amide bonds. The normalized spacial score (nSPS) is 13.6. The zero-order valence-corrected chi connectivity index (χ0v) is 18.7. The Morgan fingerprint density at radius 2 is 2.06 bits per heavy atom. The highest BCUT2D eigenvalue weighted by atomic mass is 19.1. The summed E-state index contributed by atoms with van der Waals surface area (Å²) in [5, 5.41) is 7.20. The van der Waals surface area contributed by atoms with E-state index in [0.29, 0.717) is 35.9 Å². The van der Waals surface area contributed by atoms with Crippen molar-refractivity contribution in [3.63, 3.8) is 0 Å². The minimum atomic E-state index is -0.555. The van der Waals surface area contributed by atoms with Gasteiger partial charge in [0.15, 0.2) is 0 Å². The molecule has 32 heavy (non-hydrogen) atoms. The molecule has 1 N–H and O–H groups in total. The van der Waals surface area contributed by atoms with Crippen LogP contribution in [0.25, 0.3) is 11.4 Å². The topological polar surface area (TPSA) is 80.5 Å². The van der Waals surface area contributed by atoms with Crippen molar-refractivity contribution in [1.29, 1.82) is 0 Å². The predicted molar refractivity (Wildman–Crippen MR) is 120 cm³/mol. The molecule has 3 aromatic rings. The number of ether oxygens (including phenoxy) is 1. The van der Waals surface area contributed by atoms with Crippen LogP contribution in [0.4, 0.5) is 20.6 Å². The molecule has 2 heterocycles. The van der Waals surface area contributed by atoms with Gasteiger partial charge >= 0.3 is 6.09 Å². The molecule has 0 unspecified atom stereocenters. The van der Waals surface area contributed by atoms with Crippen LogP contribution in [0.5, 0.6) is 0 Å². The molecule has 0 spiro atoms. The number of nitrogens with one attached hydrogen (secondary N) is 1. The Bertz CT molecular complexity index is 1140. The molecule has 0 fully saturated rings. The lowest BCUT2D eigenvalue weighted by molar-refractivity contribution is 0.0578. The Balaban J connectivity index is 1.47. The average Bonchev–Trinajstić information content (AvgIpc) is 3.21. The quantitative estimate of drug-likeness (QED) is 0.581. The highest BCUT2D eigenvalue weighted by molar-refractivity contribution is 5.90. The molecule has 1 aliphatic heterocycles. The zero-order chi connectivity index (χ0) is 22.9. The van der Waals surface area contributed by atoms with Crippen LogP contribution in [0, 0.1) is 12.7 Å². The molecular weight excluding hydrogens is 411 g/mol. The summed E-state index contributed by atoms with van der Waals surface area (Å²) in [7, 11) is 0. The van der Waals surface area contributed by atoms with Gasteiger partial charge in [-0.2, -0.15) is 4.98 Å². The third-order valence-electron chi connectivity index (χ3n) is 5.16. The number of halogens is 1. The minimum Gasteiger partial charge on any atom is -0.443 e. The molecule has 0 atom stereocenters. The molecule has 2 aromatic carbocycles. The number of aromatic nitrogens is 2. The third kappa shape index (κ3) is 4.90. The van der Waals surface area contributed by atoms with E-state index < -0.39 is 5.60 Å². The molecule has 0 saturated heterocycles. The Morgan fingerprint density at radius 3 is 2.81 bits per heavy atom. The number of amides is 1. The average molecular weight is 439 g/mol. The van der Waals surface area contributed by atoms with Crippen molar-refractivity contribution in [2.45, 2.75) is 52.7 Å². The molecule has 0 bridgehead atoms. The van der Waals surface area contributed by atoms with E-state index in [9.17, 15) is 9.18 Å². The van der Waals surface area contributed by atoms with E-state index in [2.05, 4.69) is 15.5 Å². The molecule has 0 aliphatic carbocycles. The lowest BCUT2D eigenvalue weighted by Crippen LogP contribution is -2.39. The van der Waals surface area contributed by atoms with Crippen LogP contribution in [0.1, 0.15) is 44.2 Å². The first-order chi connectivity index (χ1) is 15.2. The van der Waals surface area contributed by atoms with Crippen LogP contribution in [0.15, 0.2) is 40.9 Å². The summed E-state index contributed by atoms with van der Waals surface area (Å²) in [5.74, 6) is 0.403. The molecule has 7 nitrogen and oxygen atoms in total. The van der Waals surface area contributed by atoms with Gasteiger partial charge in [-0.25, -0.2) is 9.18 Å². The van der Waals surface area contributed by atoms with Crippen LogP contribution < -0.4 is 10.2 Å². The van der Waals surface area contributed by atoms with E-state index in [-0.39, 0.29) is 11.9 Å². The van der Waals surface area contributed by atoms with E-state index in [1.165, 1.54) is 6.07 Å². The summed E-state index contributed by atoms with van der Waals surface area (Å²) < 4.78 is 24.7. The Hall–Kier alpha value is -3.42. The summed E-state index contributed by atoms with van der Waals surface area (Å²) >= 11 is 0. The van der Waals surface area contributed by atoms with Gasteiger partial charge in [0.05, 0.1) is 12.2 Å². The van der Waals surface area contributed by atoms with Gasteiger partial charge in [-0.3, -0.25) is 4.90 Å². The maximum Gasteiger partial charge on any atom is 0.414 e. The molecule has 8 heteroatoms. The third-order valence-corrected chi connectivity index (χ3v) is 5.16. The SMILES string of the molecule is Cc1ccc(-c2noc(CNc3ccc4c(c3)N(C(=O)OC(C)(C)C)CCC4)n2)cc1F. The van der Waals surface area contributed by atoms with E-state index in [1.54, 1.807) is 24.0 Å². The fourth-order valence-electron chi connectivity index (χ4n) is 3.54. The highest BCUT2D eigenvalue weighted by Gasteiger charge is 2.27. The number of fused-ring (bicyclic) bond motifs is 1. The predicted octanol–water partition coefficient (Wildman–Crippen LogP) is 5.48. The summed E-state index contributed by atoms with van der Waals surface area (Å²) in [6.45, 7) is 8.19. The molecule has 0 saturated carbocycles. The fourth-order valence-corrected chi connectivity index (χ4v) is 3.54. The first-order valence-corrected chi connectivity index (χ1v) is 10.7. The first kappa shape index (κ1) is 21.8. The van der Waals surface area contributed by atoms with Gasteiger partial charge in [0.2, 0.25) is 11.7 Å². The number of carbonyl (C=O) groups excluding carboxylic acids is 1. The maximum atomic E-state index is 13.8. The van der Waals surface area contributed by atoms with Gasteiger partial charge in [0, 0.05) is 17.8 Å². The largest absolute Gasteiger partial charge is 0.443 e. The molecule has 1 aromatic heterocycles. The van der Waals surface area contributed by atoms with Gasteiger partial charge in [-0.15, -0.1) is 0 Å².